The molecule has 2 aliphatic heterocycles. The molecular formula is C30H37BFNO4S. The molecular weight excluding hydrogens is 500 g/mol. The average Bonchev–Trinajstić information content (AvgIpc) is 3.46. The van der Waals surface area contributed by atoms with E-state index in [9.17, 15) is 0 Å². The highest BCUT2D eigenvalue weighted by atomic mass is 32.1. The van der Waals surface area contributed by atoms with Gasteiger partial charge in [0, 0.05) is 24.5 Å². The smallest absolute Gasteiger partial charge is 0.464 e. The molecule has 1 unspecified atom stereocenters. The monoisotopic (exact) mass is 537 g/mol. The fourth-order valence-electron chi connectivity index (χ4n) is 4.82. The van der Waals surface area contributed by atoms with Crippen molar-refractivity contribution in [1.29, 1.82) is 0 Å². The third-order valence-corrected chi connectivity index (χ3v) is 8.35. The van der Waals surface area contributed by atoms with Gasteiger partial charge in [-0.05, 0) is 89.0 Å². The fraction of sp³-hybridized carbons (Fsp3) is 0.400. The molecule has 0 bridgehead atoms. The van der Waals surface area contributed by atoms with Gasteiger partial charge in [-0.25, -0.2) is 4.39 Å². The van der Waals surface area contributed by atoms with Crippen LogP contribution in [-0.4, -0.2) is 37.1 Å². The zero-order valence-electron chi connectivity index (χ0n) is 22.6. The lowest BCUT2D eigenvalue weighted by molar-refractivity contribution is 0.00578. The summed E-state index contributed by atoms with van der Waals surface area (Å²) in [6.07, 6.45) is -0.359. The second-order valence-electron chi connectivity index (χ2n) is 10.8. The summed E-state index contributed by atoms with van der Waals surface area (Å²) in [5.41, 5.74) is 3.26. The van der Waals surface area contributed by atoms with E-state index < -0.39 is 18.3 Å². The van der Waals surface area contributed by atoms with E-state index in [0.29, 0.717) is 11.3 Å². The largest absolute Gasteiger partial charge is 0.494 e. The molecule has 0 aliphatic carbocycles. The summed E-state index contributed by atoms with van der Waals surface area (Å²) in [5, 5.41) is 0.997. The number of thiophene rings is 1. The number of hydrogen-bond acceptors (Lipinski definition) is 5. The molecule has 0 radical (unpaired) electrons. The van der Waals surface area contributed by atoms with E-state index in [1.165, 1.54) is 4.88 Å². The number of halogens is 1. The molecule has 5 nitrogen and oxygen atoms in total. The molecule has 6 rings (SSSR count). The zero-order valence-corrected chi connectivity index (χ0v) is 23.5. The molecule has 1 fully saturated rings. The maximum absolute atomic E-state index is 15.2. The van der Waals surface area contributed by atoms with Crippen molar-refractivity contribution in [1.82, 2.24) is 4.57 Å². The molecule has 202 valence electrons. The van der Waals surface area contributed by atoms with Crippen LogP contribution in [-0.2, 0) is 14.0 Å². The normalized spacial score (nSPS) is 18.7. The molecule has 0 N–H and O–H groups in total. The number of methoxy groups -OCH3 is 1. The Morgan fingerprint density at radius 1 is 0.947 bits per heavy atom. The SMILES string of the molecule is C.COC.Cc1cc(F)c2c(c1)OC(c1ccc(C)s1)n1c-2cc2cc(B3OC(C)(C)C(C)(C)O3)ccc21. The molecule has 4 heterocycles. The van der Waals surface area contributed by atoms with Crippen molar-refractivity contribution in [2.24, 2.45) is 0 Å². The number of nitrogens with zero attached hydrogens (tertiary/aromatic N) is 1. The van der Waals surface area contributed by atoms with E-state index in [1.807, 2.05) is 19.1 Å². The van der Waals surface area contributed by atoms with Crippen molar-refractivity contribution in [2.75, 3.05) is 14.2 Å². The van der Waals surface area contributed by atoms with Gasteiger partial charge in [0.05, 0.1) is 32.9 Å². The molecule has 2 aromatic heterocycles. The maximum atomic E-state index is 15.2. The first kappa shape index (κ1) is 28.4. The molecule has 38 heavy (non-hydrogen) atoms. The van der Waals surface area contributed by atoms with Gasteiger partial charge in [-0.2, -0.15) is 0 Å². The quantitative estimate of drug-likeness (QED) is 0.253. The topological polar surface area (TPSA) is 41.9 Å². The van der Waals surface area contributed by atoms with E-state index in [1.54, 1.807) is 31.6 Å². The molecule has 2 aliphatic rings. The van der Waals surface area contributed by atoms with E-state index >= 15 is 4.39 Å². The highest BCUT2D eigenvalue weighted by Gasteiger charge is 2.51. The van der Waals surface area contributed by atoms with Gasteiger partial charge in [-0.3, -0.25) is 4.57 Å². The number of rotatable bonds is 2. The van der Waals surface area contributed by atoms with Crippen LogP contribution >= 0.6 is 11.3 Å². The Balaban J connectivity index is 0.000000804. The van der Waals surface area contributed by atoms with Crippen molar-refractivity contribution < 1.29 is 23.2 Å². The van der Waals surface area contributed by atoms with Gasteiger partial charge in [0.25, 0.3) is 0 Å². The van der Waals surface area contributed by atoms with Gasteiger partial charge in [0.15, 0.2) is 0 Å². The van der Waals surface area contributed by atoms with Crippen LogP contribution in [0.4, 0.5) is 4.39 Å². The first-order valence-electron chi connectivity index (χ1n) is 12.4. The van der Waals surface area contributed by atoms with Crippen molar-refractivity contribution in [3.63, 3.8) is 0 Å². The molecule has 2 aromatic carbocycles. The first-order valence-corrected chi connectivity index (χ1v) is 13.2. The summed E-state index contributed by atoms with van der Waals surface area (Å²) in [7, 11) is 2.80. The minimum atomic E-state index is -0.454. The Kier molecular flexibility index (Phi) is 7.58. The third-order valence-electron chi connectivity index (χ3n) is 7.32. The molecule has 0 spiro atoms. The average molecular weight is 538 g/mol. The summed E-state index contributed by atoms with van der Waals surface area (Å²) in [6.45, 7) is 12.2. The predicted octanol–water partition coefficient (Wildman–Crippen LogP) is 7.26. The van der Waals surface area contributed by atoms with Crippen molar-refractivity contribution in [3.05, 3.63) is 69.7 Å². The molecule has 1 saturated heterocycles. The van der Waals surface area contributed by atoms with Gasteiger partial charge in [-0.15, -0.1) is 11.3 Å². The summed E-state index contributed by atoms with van der Waals surface area (Å²) >= 11 is 1.70. The Morgan fingerprint density at radius 2 is 1.61 bits per heavy atom. The van der Waals surface area contributed by atoms with Crippen molar-refractivity contribution >= 4 is 34.8 Å². The van der Waals surface area contributed by atoms with Gasteiger partial charge >= 0.3 is 7.12 Å². The van der Waals surface area contributed by atoms with E-state index in [-0.39, 0.29) is 19.5 Å². The Morgan fingerprint density at radius 3 is 2.21 bits per heavy atom. The zero-order chi connectivity index (χ0) is 26.7. The van der Waals surface area contributed by atoms with E-state index in [4.69, 9.17) is 14.0 Å². The lowest BCUT2D eigenvalue weighted by Crippen LogP contribution is -2.41. The number of aryl methyl sites for hydroxylation is 2. The number of fused-ring (bicyclic) bond motifs is 5. The summed E-state index contributed by atoms with van der Waals surface area (Å²) in [5.74, 6) is 0.307. The van der Waals surface area contributed by atoms with Gasteiger partial charge < -0.3 is 18.8 Å². The molecule has 0 saturated carbocycles. The maximum Gasteiger partial charge on any atom is 0.494 e. The summed E-state index contributed by atoms with van der Waals surface area (Å²) in [4.78, 5) is 2.29. The molecule has 1 atom stereocenters. The highest BCUT2D eigenvalue weighted by molar-refractivity contribution is 7.12. The number of aromatic nitrogens is 1. The van der Waals surface area contributed by atoms with E-state index in [0.717, 1.165) is 32.5 Å². The Hall–Kier alpha value is -2.65. The van der Waals surface area contributed by atoms with Crippen molar-refractivity contribution in [2.45, 2.75) is 66.4 Å². The second kappa shape index (κ2) is 10.2. The lowest BCUT2D eigenvalue weighted by Gasteiger charge is -2.32. The predicted molar refractivity (Wildman–Crippen MR) is 155 cm³/mol. The third kappa shape index (κ3) is 4.68. The summed E-state index contributed by atoms with van der Waals surface area (Å²) in [6, 6.07) is 15.9. The minimum absolute atomic E-state index is 0. The van der Waals surface area contributed by atoms with Crippen molar-refractivity contribution in [3.8, 4) is 17.0 Å². The lowest BCUT2D eigenvalue weighted by atomic mass is 9.78. The van der Waals surface area contributed by atoms with Crippen LogP contribution in [0.1, 0.15) is 56.7 Å². The minimum Gasteiger partial charge on any atom is -0.464 e. The molecule has 8 heteroatoms. The van der Waals surface area contributed by atoms with Crippen LogP contribution in [0.3, 0.4) is 0 Å². The van der Waals surface area contributed by atoms with Gasteiger partial charge in [-0.1, -0.05) is 19.6 Å². The van der Waals surface area contributed by atoms with Crippen LogP contribution < -0.4 is 10.2 Å². The van der Waals surface area contributed by atoms with Gasteiger partial charge in [0.2, 0.25) is 6.23 Å². The standard InChI is InChI=1S/C27H27BFNO3S.C2H6O.CH4/c1-15-11-19(29)24-21-14-17-13-18(28-32-26(3,4)27(5,6)33-28)8-9-20(17)30(21)25(31-22(24)12-15)23-10-7-16(2)34-23;1-3-2;/h7-14,25H,1-6H3;1-2H3;1H4. The Labute approximate surface area is 229 Å². The van der Waals surface area contributed by atoms with Crippen LogP contribution in [0, 0.1) is 19.7 Å². The molecule has 0 amide bonds. The van der Waals surface area contributed by atoms with Gasteiger partial charge in [0.1, 0.15) is 11.6 Å². The highest BCUT2D eigenvalue weighted by Crippen LogP contribution is 2.46. The first-order chi connectivity index (χ1) is 17.5. The number of ether oxygens (including phenoxy) is 2. The number of hydrogen-bond donors (Lipinski definition) is 0. The van der Waals surface area contributed by atoms with Crippen LogP contribution in [0.2, 0.25) is 0 Å². The van der Waals surface area contributed by atoms with Crippen LogP contribution in [0.15, 0.2) is 48.5 Å². The second-order valence-corrected chi connectivity index (χ2v) is 12.1. The van der Waals surface area contributed by atoms with Crippen LogP contribution in [0.25, 0.3) is 22.2 Å². The number of benzene rings is 2. The Bertz CT molecular complexity index is 1460. The van der Waals surface area contributed by atoms with Crippen LogP contribution in [0.5, 0.6) is 5.75 Å². The molecule has 4 aromatic rings. The fourth-order valence-corrected chi connectivity index (χ4v) is 5.72. The van der Waals surface area contributed by atoms with E-state index in [2.05, 4.69) is 74.3 Å². The summed E-state index contributed by atoms with van der Waals surface area (Å²) < 4.78 is 40.6.